The van der Waals surface area contributed by atoms with Crippen LogP contribution in [0.5, 0.6) is 0 Å². The van der Waals surface area contributed by atoms with Gasteiger partial charge in [-0.05, 0) is 46.7 Å². The molecule has 0 bridgehead atoms. The highest BCUT2D eigenvalue weighted by atomic mass is 16.2. The summed E-state index contributed by atoms with van der Waals surface area (Å²) in [6.07, 6.45) is 3.92. The molecule has 4 heterocycles. The highest BCUT2D eigenvalue weighted by Crippen LogP contribution is 2.49. The summed E-state index contributed by atoms with van der Waals surface area (Å²) < 4.78 is 1.27. The largest absolute Gasteiger partial charge is 0.351 e. The van der Waals surface area contributed by atoms with E-state index in [0.717, 1.165) is 22.0 Å². The molecule has 8 rings (SSSR count). The Labute approximate surface area is 222 Å². The summed E-state index contributed by atoms with van der Waals surface area (Å²) >= 11 is 0. The molecule has 2 amide bonds. The normalized spacial score (nSPS) is 23.4. The van der Waals surface area contributed by atoms with Crippen LogP contribution in [0.1, 0.15) is 10.4 Å². The molecule has 8 nitrogen and oxygen atoms in total. The van der Waals surface area contributed by atoms with Gasteiger partial charge >= 0.3 is 0 Å². The first-order valence-corrected chi connectivity index (χ1v) is 12.9. The molecule has 4 atom stereocenters. The van der Waals surface area contributed by atoms with Crippen molar-refractivity contribution in [2.75, 3.05) is 9.80 Å². The third kappa shape index (κ3) is 2.96. The van der Waals surface area contributed by atoms with Gasteiger partial charge in [-0.25, -0.2) is 4.90 Å². The van der Waals surface area contributed by atoms with Crippen molar-refractivity contribution in [1.82, 2.24) is 15.0 Å². The molecular weight excluding hydrogens is 490 g/mol. The lowest BCUT2D eigenvalue weighted by atomic mass is 9.88. The van der Waals surface area contributed by atoms with Gasteiger partial charge in [0.2, 0.25) is 11.8 Å². The summed E-state index contributed by atoms with van der Waals surface area (Å²) in [7, 11) is 0. The van der Waals surface area contributed by atoms with E-state index in [1.54, 1.807) is 18.2 Å². The minimum atomic E-state index is -0.932. The van der Waals surface area contributed by atoms with Crippen molar-refractivity contribution in [2.24, 2.45) is 11.8 Å². The van der Waals surface area contributed by atoms with E-state index in [9.17, 15) is 14.4 Å². The summed E-state index contributed by atoms with van der Waals surface area (Å²) in [6, 6.07) is 27.0. The summed E-state index contributed by atoms with van der Waals surface area (Å²) in [4.78, 5) is 45.8. The molecular formula is C31H21N5O3. The standard InChI is InChI=1S/C31H21N5O3/c37-29-26-25-16-14-19-8-3-5-11-23(19)35(25)28(31(39)36-24-12-6-4-10-22(24)32-33-36)27(26)30(38)34(29)21-15-13-18-7-1-2-9-20(18)17-21/h1-17,25-28H/t25-,26-,27-,28-/m0/s1. The maximum absolute atomic E-state index is 14.3. The Morgan fingerprint density at radius 1 is 0.769 bits per heavy atom. The number of benzene rings is 4. The molecule has 0 aliphatic carbocycles. The molecule has 0 unspecified atom stereocenters. The number of para-hydroxylation sites is 2. The third-order valence-corrected chi connectivity index (χ3v) is 8.22. The molecule has 2 fully saturated rings. The van der Waals surface area contributed by atoms with Crippen LogP contribution in [-0.4, -0.2) is 44.8 Å². The molecule has 188 valence electrons. The second-order valence-electron chi connectivity index (χ2n) is 10.2. The van der Waals surface area contributed by atoms with Crippen molar-refractivity contribution in [3.05, 3.63) is 103 Å². The van der Waals surface area contributed by atoms with E-state index < -0.39 is 23.9 Å². The Morgan fingerprint density at radius 2 is 1.51 bits per heavy atom. The van der Waals surface area contributed by atoms with E-state index in [-0.39, 0.29) is 17.7 Å². The van der Waals surface area contributed by atoms with Crippen molar-refractivity contribution < 1.29 is 14.4 Å². The van der Waals surface area contributed by atoms with Gasteiger partial charge in [-0.2, -0.15) is 4.68 Å². The molecule has 0 N–H and O–H groups in total. The number of fused-ring (bicyclic) bond motifs is 7. The number of carbonyl (C=O) groups excluding carboxylic acids is 3. The Hall–Kier alpha value is -5.11. The van der Waals surface area contributed by atoms with Crippen molar-refractivity contribution in [3.8, 4) is 0 Å². The number of anilines is 2. The van der Waals surface area contributed by atoms with Crippen LogP contribution >= 0.6 is 0 Å². The van der Waals surface area contributed by atoms with Crippen LogP contribution in [0.4, 0.5) is 11.4 Å². The number of nitrogens with zero attached hydrogens (tertiary/aromatic N) is 5. The van der Waals surface area contributed by atoms with E-state index in [2.05, 4.69) is 10.3 Å². The number of imide groups is 1. The Bertz CT molecular complexity index is 1890. The second-order valence-corrected chi connectivity index (χ2v) is 10.2. The highest BCUT2D eigenvalue weighted by molar-refractivity contribution is 6.25. The van der Waals surface area contributed by atoms with Gasteiger partial charge in [0.1, 0.15) is 11.6 Å². The molecule has 8 heteroatoms. The van der Waals surface area contributed by atoms with Crippen LogP contribution < -0.4 is 9.80 Å². The summed E-state index contributed by atoms with van der Waals surface area (Å²) in [5.41, 5.74) is 3.41. The average molecular weight is 512 g/mol. The van der Waals surface area contributed by atoms with Gasteiger partial charge in [0.15, 0.2) is 0 Å². The molecule has 5 aromatic rings. The van der Waals surface area contributed by atoms with Crippen LogP contribution in [0.25, 0.3) is 27.9 Å². The Morgan fingerprint density at radius 3 is 2.41 bits per heavy atom. The van der Waals surface area contributed by atoms with Gasteiger partial charge in [-0.1, -0.05) is 78.0 Å². The van der Waals surface area contributed by atoms with Gasteiger partial charge in [-0.3, -0.25) is 14.4 Å². The van der Waals surface area contributed by atoms with E-state index >= 15 is 0 Å². The smallest absolute Gasteiger partial charge is 0.272 e. The molecule has 2 saturated heterocycles. The zero-order valence-corrected chi connectivity index (χ0v) is 20.6. The van der Waals surface area contributed by atoms with E-state index in [0.29, 0.717) is 16.7 Å². The van der Waals surface area contributed by atoms with Gasteiger partial charge in [0.05, 0.1) is 29.1 Å². The SMILES string of the molecule is O=C1[C@@H]2[C@H](C(=O)N1c1ccc3ccccc3c1)[C@@H](C(=O)n1nnc3ccccc31)N1c3ccccc3C=C[C@@H]21. The summed E-state index contributed by atoms with van der Waals surface area (Å²) in [5.74, 6) is -2.63. The molecule has 3 aliphatic rings. The van der Waals surface area contributed by atoms with Crippen molar-refractivity contribution in [1.29, 1.82) is 0 Å². The second kappa shape index (κ2) is 7.94. The average Bonchev–Trinajstić information content (AvgIpc) is 3.63. The van der Waals surface area contributed by atoms with E-state index in [1.165, 1.54) is 9.58 Å². The predicted octanol–water partition coefficient (Wildman–Crippen LogP) is 4.31. The lowest BCUT2D eigenvalue weighted by molar-refractivity contribution is -0.122. The summed E-state index contributed by atoms with van der Waals surface area (Å²) in [5, 5.41) is 10.3. The molecule has 1 aromatic heterocycles. The maximum Gasteiger partial charge on any atom is 0.272 e. The Balaban J connectivity index is 1.29. The van der Waals surface area contributed by atoms with Crippen LogP contribution in [0.2, 0.25) is 0 Å². The third-order valence-electron chi connectivity index (χ3n) is 8.22. The van der Waals surface area contributed by atoms with Crippen LogP contribution in [-0.2, 0) is 9.59 Å². The first-order valence-electron chi connectivity index (χ1n) is 12.9. The lowest BCUT2D eigenvalue weighted by Gasteiger charge is -2.36. The first kappa shape index (κ1) is 21.9. The Kier molecular flexibility index (Phi) is 4.47. The van der Waals surface area contributed by atoms with Gasteiger partial charge in [0.25, 0.3) is 5.91 Å². The molecule has 0 saturated carbocycles. The van der Waals surface area contributed by atoms with Crippen molar-refractivity contribution in [2.45, 2.75) is 12.1 Å². The van der Waals surface area contributed by atoms with E-state index in [1.807, 2.05) is 89.8 Å². The van der Waals surface area contributed by atoms with Crippen LogP contribution in [0, 0.1) is 11.8 Å². The predicted molar refractivity (Wildman–Crippen MR) is 147 cm³/mol. The molecule has 4 aromatic carbocycles. The minimum absolute atomic E-state index is 0.293. The zero-order valence-electron chi connectivity index (χ0n) is 20.6. The fourth-order valence-corrected chi connectivity index (χ4v) is 6.52. The van der Waals surface area contributed by atoms with Gasteiger partial charge in [0, 0.05) is 5.69 Å². The number of hydrogen-bond donors (Lipinski definition) is 0. The fourth-order valence-electron chi connectivity index (χ4n) is 6.52. The lowest BCUT2D eigenvalue weighted by Crippen LogP contribution is -2.50. The van der Waals surface area contributed by atoms with Crippen molar-refractivity contribution in [3.63, 3.8) is 0 Å². The summed E-state index contributed by atoms with van der Waals surface area (Å²) in [6.45, 7) is 0. The van der Waals surface area contributed by atoms with Gasteiger partial charge in [-0.15, -0.1) is 5.10 Å². The van der Waals surface area contributed by atoms with Crippen molar-refractivity contribution >= 4 is 57.0 Å². The number of aromatic nitrogens is 3. The zero-order chi connectivity index (χ0) is 26.2. The fraction of sp³-hybridized carbons (Fsp3) is 0.129. The quantitative estimate of drug-likeness (QED) is 0.328. The number of carbonyl (C=O) groups is 3. The van der Waals surface area contributed by atoms with Crippen LogP contribution in [0.3, 0.4) is 0 Å². The van der Waals surface area contributed by atoms with Gasteiger partial charge < -0.3 is 4.90 Å². The molecule has 0 radical (unpaired) electrons. The monoisotopic (exact) mass is 511 g/mol. The molecule has 0 spiro atoms. The highest BCUT2D eigenvalue weighted by Gasteiger charge is 2.64. The topological polar surface area (TPSA) is 88.4 Å². The first-order chi connectivity index (χ1) is 19.1. The minimum Gasteiger partial charge on any atom is -0.351 e. The van der Waals surface area contributed by atoms with E-state index in [4.69, 9.17) is 0 Å². The molecule has 39 heavy (non-hydrogen) atoms. The molecule has 3 aliphatic heterocycles. The number of amides is 2. The van der Waals surface area contributed by atoms with Crippen LogP contribution in [0.15, 0.2) is 97.1 Å². The number of hydrogen-bond acceptors (Lipinski definition) is 6. The number of rotatable bonds is 2. The maximum atomic E-state index is 14.3.